The lowest BCUT2D eigenvalue weighted by atomic mass is 9.80. The molecular formula is C21H18BN3O. The van der Waals surface area contributed by atoms with Crippen LogP contribution in [-0.2, 0) is 0 Å². The van der Waals surface area contributed by atoms with Crippen molar-refractivity contribution in [1.29, 1.82) is 0 Å². The standard InChI is InChI=1S/C21H18BN3O/c1-21(2,22)25-13-24(17-10-6-12-23-20(17)25)16-9-5-8-15-14-7-3-4-11-18(14)26-19(15)16/h3-12H,13H2,1-2H3. The van der Waals surface area contributed by atoms with Crippen LogP contribution >= 0.6 is 0 Å². The molecule has 0 fully saturated rings. The minimum absolute atomic E-state index is 0.514. The summed E-state index contributed by atoms with van der Waals surface area (Å²) in [5.41, 5.74) is 3.34. The van der Waals surface area contributed by atoms with Crippen LogP contribution in [0, 0.1) is 0 Å². The minimum atomic E-state index is -0.514. The lowest BCUT2D eigenvalue weighted by molar-refractivity contribution is 0.633. The van der Waals surface area contributed by atoms with E-state index in [9.17, 15) is 0 Å². The van der Waals surface area contributed by atoms with Gasteiger partial charge in [0, 0.05) is 17.0 Å². The highest BCUT2D eigenvalue weighted by atomic mass is 16.3. The quantitative estimate of drug-likeness (QED) is 0.491. The molecule has 5 heteroatoms. The van der Waals surface area contributed by atoms with Crippen molar-refractivity contribution in [3.05, 3.63) is 60.8 Å². The van der Waals surface area contributed by atoms with Crippen LogP contribution in [0.5, 0.6) is 0 Å². The van der Waals surface area contributed by atoms with Crippen molar-refractivity contribution in [2.45, 2.75) is 19.3 Å². The molecule has 0 saturated heterocycles. The first-order valence-corrected chi connectivity index (χ1v) is 8.73. The molecule has 3 heterocycles. The van der Waals surface area contributed by atoms with Gasteiger partial charge in [0.15, 0.2) is 11.4 Å². The lowest BCUT2D eigenvalue weighted by Crippen LogP contribution is -2.46. The number of nitrogens with zero attached hydrogens (tertiary/aromatic N) is 3. The van der Waals surface area contributed by atoms with Crippen LogP contribution in [-0.4, -0.2) is 24.9 Å². The van der Waals surface area contributed by atoms with Crippen molar-refractivity contribution < 1.29 is 4.42 Å². The number of hydrogen-bond acceptors (Lipinski definition) is 4. The Hall–Kier alpha value is -2.95. The Morgan fingerprint density at radius 1 is 0.962 bits per heavy atom. The summed E-state index contributed by atoms with van der Waals surface area (Å²) in [6.07, 6.45) is 1.81. The van der Waals surface area contributed by atoms with E-state index in [1.165, 1.54) is 0 Å². The number of aromatic nitrogens is 1. The van der Waals surface area contributed by atoms with Gasteiger partial charge in [-0.05, 0) is 29.7 Å². The third kappa shape index (κ3) is 2.13. The Morgan fingerprint density at radius 3 is 2.58 bits per heavy atom. The second-order valence-electron chi connectivity index (χ2n) is 7.25. The van der Waals surface area contributed by atoms with E-state index in [1.54, 1.807) is 0 Å². The number of benzene rings is 2. The predicted octanol–water partition coefficient (Wildman–Crippen LogP) is 4.80. The average Bonchev–Trinajstić information content (AvgIpc) is 3.20. The van der Waals surface area contributed by atoms with Crippen LogP contribution in [0.15, 0.2) is 65.2 Å². The highest BCUT2D eigenvalue weighted by molar-refractivity contribution is 6.17. The van der Waals surface area contributed by atoms with Gasteiger partial charge in [-0.1, -0.05) is 44.2 Å². The molecule has 2 radical (unpaired) electrons. The summed E-state index contributed by atoms with van der Waals surface area (Å²) in [6.45, 7) is 4.62. The first kappa shape index (κ1) is 15.3. The molecule has 0 saturated carbocycles. The molecule has 1 aliphatic rings. The van der Waals surface area contributed by atoms with Crippen molar-refractivity contribution in [3.63, 3.8) is 0 Å². The van der Waals surface area contributed by atoms with E-state index in [0.717, 1.165) is 39.1 Å². The fourth-order valence-corrected chi connectivity index (χ4v) is 3.70. The average molecular weight is 339 g/mol. The van der Waals surface area contributed by atoms with Gasteiger partial charge in [0.1, 0.15) is 13.4 Å². The molecule has 0 spiro atoms. The molecule has 0 N–H and O–H groups in total. The topological polar surface area (TPSA) is 32.5 Å². The maximum atomic E-state index is 6.41. The van der Waals surface area contributed by atoms with Crippen LogP contribution in [0.3, 0.4) is 0 Å². The van der Waals surface area contributed by atoms with Crippen LogP contribution in [0.2, 0.25) is 0 Å². The molecule has 0 bridgehead atoms. The molecule has 2 aromatic heterocycles. The maximum Gasteiger partial charge on any atom is 0.159 e. The summed E-state index contributed by atoms with van der Waals surface area (Å²) in [4.78, 5) is 8.92. The number of para-hydroxylation sites is 2. The van der Waals surface area contributed by atoms with Crippen molar-refractivity contribution in [2.24, 2.45) is 0 Å². The van der Waals surface area contributed by atoms with Crippen LogP contribution in [0.1, 0.15) is 13.8 Å². The van der Waals surface area contributed by atoms with Crippen molar-refractivity contribution in [2.75, 3.05) is 16.5 Å². The number of fused-ring (bicyclic) bond motifs is 4. The van der Waals surface area contributed by atoms with E-state index in [4.69, 9.17) is 12.3 Å². The number of furan rings is 1. The van der Waals surface area contributed by atoms with E-state index < -0.39 is 5.44 Å². The smallest absolute Gasteiger partial charge is 0.159 e. The molecule has 4 aromatic rings. The third-order valence-corrected chi connectivity index (χ3v) is 4.97. The molecule has 5 rings (SSSR count). The van der Waals surface area contributed by atoms with Gasteiger partial charge in [-0.25, -0.2) is 4.98 Å². The number of hydrogen-bond donors (Lipinski definition) is 0. The zero-order valence-electron chi connectivity index (χ0n) is 14.8. The second-order valence-corrected chi connectivity index (χ2v) is 7.25. The number of rotatable bonds is 2. The van der Waals surface area contributed by atoms with Gasteiger partial charge in [0.05, 0.1) is 18.0 Å². The molecule has 1 aliphatic heterocycles. The lowest BCUT2D eigenvalue weighted by Gasteiger charge is -2.34. The highest BCUT2D eigenvalue weighted by Crippen LogP contribution is 2.44. The van der Waals surface area contributed by atoms with Gasteiger partial charge in [0.25, 0.3) is 0 Å². The number of pyridine rings is 1. The summed E-state index contributed by atoms with van der Waals surface area (Å²) in [6, 6.07) is 18.5. The molecule has 0 unspecified atom stereocenters. The van der Waals surface area contributed by atoms with Gasteiger partial charge >= 0.3 is 0 Å². The summed E-state index contributed by atoms with van der Waals surface area (Å²) < 4.78 is 6.22. The van der Waals surface area contributed by atoms with Crippen molar-refractivity contribution in [3.8, 4) is 0 Å². The Labute approximate surface area is 153 Å². The van der Waals surface area contributed by atoms with Crippen molar-refractivity contribution >= 4 is 47.0 Å². The Balaban J connectivity index is 1.74. The second kappa shape index (κ2) is 5.27. The zero-order chi connectivity index (χ0) is 17.9. The SMILES string of the molecule is [B]C(C)(C)N1CN(c2cccc3c2oc2ccccc23)c2cccnc21. The highest BCUT2D eigenvalue weighted by Gasteiger charge is 2.35. The van der Waals surface area contributed by atoms with Crippen LogP contribution in [0.25, 0.3) is 21.9 Å². The van der Waals surface area contributed by atoms with Gasteiger partial charge < -0.3 is 14.2 Å². The Kier molecular flexibility index (Phi) is 3.11. The van der Waals surface area contributed by atoms with E-state index in [-0.39, 0.29) is 0 Å². The predicted molar refractivity (Wildman–Crippen MR) is 107 cm³/mol. The molecule has 4 nitrogen and oxygen atoms in total. The fourth-order valence-electron chi connectivity index (χ4n) is 3.70. The van der Waals surface area contributed by atoms with E-state index >= 15 is 0 Å². The fraction of sp³-hybridized carbons (Fsp3) is 0.190. The molecule has 26 heavy (non-hydrogen) atoms. The van der Waals surface area contributed by atoms with Gasteiger partial charge in [-0.3, -0.25) is 0 Å². The van der Waals surface area contributed by atoms with Gasteiger partial charge in [0.2, 0.25) is 0 Å². The monoisotopic (exact) mass is 339 g/mol. The minimum Gasteiger partial charge on any atom is -0.454 e. The third-order valence-electron chi connectivity index (χ3n) is 4.97. The van der Waals surface area contributed by atoms with E-state index in [2.05, 4.69) is 45.1 Å². The largest absolute Gasteiger partial charge is 0.454 e. The first-order chi connectivity index (χ1) is 12.5. The van der Waals surface area contributed by atoms with Gasteiger partial charge in [-0.15, -0.1) is 0 Å². The zero-order valence-corrected chi connectivity index (χ0v) is 14.8. The number of anilines is 3. The Bertz CT molecular complexity index is 1130. The van der Waals surface area contributed by atoms with Crippen LogP contribution < -0.4 is 9.80 Å². The molecule has 0 atom stereocenters. The van der Waals surface area contributed by atoms with Crippen molar-refractivity contribution in [1.82, 2.24) is 4.98 Å². The summed E-state index contributed by atoms with van der Waals surface area (Å²) >= 11 is 0. The Morgan fingerprint density at radius 2 is 1.73 bits per heavy atom. The summed E-state index contributed by atoms with van der Waals surface area (Å²) in [7, 11) is 6.41. The summed E-state index contributed by atoms with van der Waals surface area (Å²) in [5, 5.41) is 2.25. The molecule has 0 amide bonds. The molecular weight excluding hydrogens is 321 g/mol. The normalized spacial score (nSPS) is 14.4. The van der Waals surface area contributed by atoms with E-state index in [1.807, 2.05) is 44.3 Å². The first-order valence-electron chi connectivity index (χ1n) is 8.73. The van der Waals surface area contributed by atoms with Crippen LogP contribution in [0.4, 0.5) is 17.2 Å². The molecule has 2 aromatic carbocycles. The molecule has 0 aliphatic carbocycles. The van der Waals surface area contributed by atoms with Gasteiger partial charge in [-0.2, -0.15) is 0 Å². The summed E-state index contributed by atoms with van der Waals surface area (Å²) in [5.74, 6) is 0.896. The molecule has 126 valence electrons. The van der Waals surface area contributed by atoms with E-state index in [0.29, 0.717) is 6.67 Å². The maximum absolute atomic E-state index is 6.41.